The van der Waals surface area contributed by atoms with E-state index in [4.69, 9.17) is 9.47 Å². The van der Waals surface area contributed by atoms with Crippen LogP contribution in [0.5, 0.6) is 23.0 Å². The molecule has 2 N–H and O–H groups in total. The summed E-state index contributed by atoms with van der Waals surface area (Å²) < 4.78 is 50.4. The second-order valence-corrected chi connectivity index (χ2v) is 42.0. The zero-order chi connectivity index (χ0) is 63.4. The number of rotatable bonds is 16. The van der Waals surface area contributed by atoms with Crippen LogP contribution in [0, 0.1) is 50.2 Å². The van der Waals surface area contributed by atoms with Gasteiger partial charge in [-0.25, -0.2) is 8.78 Å². The van der Waals surface area contributed by atoms with Crippen LogP contribution in [-0.2, 0) is 10.8 Å². The maximum Gasteiger partial charge on any atom is 0.147 e. The van der Waals surface area contributed by atoms with E-state index in [-0.39, 0.29) is 55.1 Å². The van der Waals surface area contributed by atoms with Crippen molar-refractivity contribution >= 4 is 79.7 Å². The molecule has 0 aliphatic rings. The highest BCUT2D eigenvalue weighted by atomic mass is 28.3. The molecule has 10 rings (SSSR count). The number of ether oxygens (including phenoxy) is 2. The third-order valence-electron chi connectivity index (χ3n) is 17.4. The van der Waals surface area contributed by atoms with E-state index in [0.29, 0.717) is 56.3 Å². The van der Waals surface area contributed by atoms with Crippen LogP contribution in [0.1, 0.15) is 115 Å². The Kier molecular flexibility index (Phi) is 16.4. The minimum absolute atomic E-state index is 0.0290. The number of phenolic OH excluding ortho intramolecular Hbond substituents is 2. The lowest BCUT2D eigenvalue weighted by molar-refractivity contribution is 0.283. The molecule has 10 aromatic rings. The standard InChI is InChI=1S/C76H90F2N2O4Si3/c1-45-21-25-55-57-27-23-53(86(15,16)17)39-65(57)79(63(55)29-45)67-35-49(75(11,12)41-73(5,6)7)33-59(69(67)81)61-37-51(77)31-47(3)71(61)83-43-85-44-84-72-48(4)32-52(78)38-62(72)60-34-50(76(13,14)42-74(8,9)10)36-68(70(60)82)80-64-30-46(2)22-26-56(64)58-28-24-54(40-66(58)80)87(18,19)20/h21-40,81-82H,41-44H2,1-20H3. The van der Waals surface area contributed by atoms with Crippen molar-refractivity contribution in [3.8, 4) is 56.6 Å². The lowest BCUT2D eigenvalue weighted by Gasteiger charge is -2.34. The predicted molar refractivity (Wildman–Crippen MR) is 372 cm³/mol. The number of hydrogen-bond acceptors (Lipinski definition) is 4. The zero-order valence-corrected chi connectivity index (χ0v) is 58.2. The lowest BCUT2D eigenvalue weighted by Crippen LogP contribution is -2.37. The average Bonchev–Trinajstić information content (AvgIpc) is 1.68. The number of halogens is 2. The quantitative estimate of drug-likeness (QED) is 0.0747. The molecule has 8 aromatic carbocycles. The molecular weight excluding hydrogens is 1130 g/mol. The number of aromatic nitrogens is 2. The number of aryl methyl sites for hydroxylation is 4. The molecule has 0 saturated carbocycles. The molecule has 0 spiro atoms. The van der Waals surface area contributed by atoms with Gasteiger partial charge in [-0.2, -0.15) is 0 Å². The minimum atomic E-state index is -1.78. The van der Waals surface area contributed by atoms with Crippen molar-refractivity contribution in [3.63, 3.8) is 0 Å². The second-order valence-electron chi connectivity index (χ2n) is 30.7. The van der Waals surface area contributed by atoms with Crippen molar-refractivity contribution in [2.75, 3.05) is 12.5 Å². The van der Waals surface area contributed by atoms with Crippen LogP contribution in [0.2, 0.25) is 39.3 Å². The van der Waals surface area contributed by atoms with Crippen molar-refractivity contribution in [1.82, 2.24) is 9.13 Å². The topological polar surface area (TPSA) is 68.8 Å². The largest absolute Gasteiger partial charge is 0.505 e. The van der Waals surface area contributed by atoms with Crippen molar-refractivity contribution in [3.05, 3.63) is 166 Å². The molecule has 87 heavy (non-hydrogen) atoms. The second kappa shape index (κ2) is 22.6. The Morgan fingerprint density at radius 2 is 0.759 bits per heavy atom. The van der Waals surface area contributed by atoms with Gasteiger partial charge in [0.05, 0.1) is 62.0 Å². The highest BCUT2D eigenvalue weighted by molar-refractivity contribution is 6.89. The maximum atomic E-state index is 16.2. The molecule has 2 heterocycles. The fourth-order valence-corrected chi connectivity index (χ4v) is 16.7. The number of hydrogen-bond donors (Lipinski definition) is 2. The number of aromatic hydroxyl groups is 2. The first-order valence-corrected chi connectivity index (χ1v) is 39.3. The van der Waals surface area contributed by atoms with Gasteiger partial charge in [0.2, 0.25) is 0 Å². The van der Waals surface area contributed by atoms with E-state index in [1.54, 1.807) is 0 Å². The van der Waals surface area contributed by atoms with E-state index in [0.717, 1.165) is 78.7 Å². The molecule has 0 saturated heterocycles. The first-order valence-electron chi connectivity index (χ1n) is 30.8. The van der Waals surface area contributed by atoms with Crippen LogP contribution in [0.25, 0.3) is 77.2 Å². The summed E-state index contributed by atoms with van der Waals surface area (Å²) in [6.07, 6.45) is 2.11. The van der Waals surface area contributed by atoms with E-state index in [1.807, 2.05) is 26.0 Å². The Balaban J connectivity index is 1.05. The maximum absolute atomic E-state index is 16.2. The monoisotopic (exact) mass is 1220 g/mol. The van der Waals surface area contributed by atoms with Gasteiger partial charge in [-0.05, 0) is 168 Å². The highest BCUT2D eigenvalue weighted by Gasteiger charge is 2.34. The minimum Gasteiger partial charge on any atom is -0.505 e. The van der Waals surface area contributed by atoms with Gasteiger partial charge in [0, 0.05) is 43.8 Å². The van der Waals surface area contributed by atoms with Crippen molar-refractivity contribution < 1.29 is 28.5 Å². The van der Waals surface area contributed by atoms with E-state index < -0.39 is 27.8 Å². The molecule has 0 bridgehead atoms. The smallest absolute Gasteiger partial charge is 0.147 e. The first kappa shape index (κ1) is 63.1. The third-order valence-corrected chi connectivity index (χ3v) is 22.2. The summed E-state index contributed by atoms with van der Waals surface area (Å²) in [5.74, 6) is 0.136. The fraction of sp³-hybridized carbons (Fsp3) is 0.368. The summed E-state index contributed by atoms with van der Waals surface area (Å²) in [5.41, 5.74) is 11.8. The Bertz CT molecular complexity index is 4070. The lowest BCUT2D eigenvalue weighted by atomic mass is 9.71. The van der Waals surface area contributed by atoms with E-state index in [1.165, 1.54) is 34.6 Å². The predicted octanol–water partition coefficient (Wildman–Crippen LogP) is 19.7. The van der Waals surface area contributed by atoms with Gasteiger partial charge >= 0.3 is 0 Å². The highest BCUT2D eigenvalue weighted by Crippen LogP contribution is 2.50. The Morgan fingerprint density at radius 1 is 0.425 bits per heavy atom. The molecule has 6 nitrogen and oxygen atoms in total. The summed E-state index contributed by atoms with van der Waals surface area (Å²) in [4.78, 5) is 0. The Hall–Kier alpha value is -6.93. The molecular formula is C76H90F2N2O4Si3. The van der Waals surface area contributed by atoms with Crippen LogP contribution in [0.3, 0.4) is 0 Å². The SMILES string of the molecule is Cc1ccc2c3ccc([Si](C)(C)C)cc3n(-c3cc(C(C)(C)CC(C)(C)C)cc(-c4cc(F)cc(C)c4OC[Si]COc4c(C)cc(F)cc4-c4cc(C(C)(C)CC(C)(C)C)cc(-n5c6cc(C)ccc6c6ccc([Si](C)(C)C)cc65)c4O)c3O)c2c1. The van der Waals surface area contributed by atoms with Crippen LogP contribution in [0.4, 0.5) is 8.78 Å². The molecule has 2 aromatic heterocycles. The molecule has 0 unspecified atom stereocenters. The molecule has 2 radical (unpaired) electrons. The van der Waals surface area contributed by atoms with Gasteiger partial charge in [-0.3, -0.25) is 0 Å². The molecule has 0 atom stereocenters. The number of phenols is 2. The van der Waals surface area contributed by atoms with E-state index in [2.05, 4.69) is 216 Å². The van der Waals surface area contributed by atoms with Crippen molar-refractivity contribution in [1.29, 1.82) is 0 Å². The Labute approximate surface area is 520 Å². The zero-order valence-electron chi connectivity index (χ0n) is 55.2. The molecule has 454 valence electrons. The summed E-state index contributed by atoms with van der Waals surface area (Å²) in [5, 5.41) is 33.1. The van der Waals surface area contributed by atoms with Gasteiger partial charge in [0.1, 0.15) is 44.2 Å². The summed E-state index contributed by atoms with van der Waals surface area (Å²) in [6.45, 7) is 44.5. The van der Waals surface area contributed by atoms with Crippen molar-refractivity contribution in [2.45, 2.75) is 160 Å². The van der Waals surface area contributed by atoms with Gasteiger partial charge in [-0.15, -0.1) is 0 Å². The average molecular weight is 1220 g/mol. The van der Waals surface area contributed by atoms with Crippen LogP contribution >= 0.6 is 0 Å². The normalized spacial score (nSPS) is 13.0. The van der Waals surface area contributed by atoms with E-state index >= 15 is 8.78 Å². The van der Waals surface area contributed by atoms with Gasteiger partial charge < -0.3 is 28.8 Å². The summed E-state index contributed by atoms with van der Waals surface area (Å²) in [7, 11) is -3.48. The molecule has 11 heteroatoms. The number of nitrogens with zero attached hydrogens (tertiary/aromatic N) is 2. The third kappa shape index (κ3) is 12.6. The molecule has 0 fully saturated rings. The van der Waals surface area contributed by atoms with E-state index in [9.17, 15) is 10.2 Å². The molecule has 0 aliphatic carbocycles. The van der Waals surface area contributed by atoms with Crippen LogP contribution in [0.15, 0.2) is 121 Å². The number of fused-ring (bicyclic) bond motifs is 6. The van der Waals surface area contributed by atoms with Crippen molar-refractivity contribution in [2.24, 2.45) is 10.8 Å². The summed E-state index contributed by atoms with van der Waals surface area (Å²) >= 11 is 0. The first-order chi connectivity index (χ1) is 40.4. The number of benzene rings is 8. The van der Waals surface area contributed by atoms with Crippen LogP contribution in [-0.4, -0.2) is 57.5 Å². The summed E-state index contributed by atoms with van der Waals surface area (Å²) in [6, 6.07) is 40.9. The van der Waals surface area contributed by atoms with Gasteiger partial charge in [0.25, 0.3) is 0 Å². The molecule has 0 aliphatic heterocycles. The van der Waals surface area contributed by atoms with Crippen LogP contribution < -0.4 is 19.8 Å². The fourth-order valence-electron chi connectivity index (χ4n) is 13.9. The van der Waals surface area contributed by atoms with Gasteiger partial charge in [-0.1, -0.05) is 167 Å². The molecule has 0 amide bonds. The Morgan fingerprint density at radius 3 is 1.09 bits per heavy atom. The van der Waals surface area contributed by atoms with Gasteiger partial charge in [0.15, 0.2) is 0 Å².